The van der Waals surface area contributed by atoms with Crippen LogP contribution in [-0.2, 0) is 9.47 Å². The predicted molar refractivity (Wildman–Crippen MR) is 105 cm³/mol. The van der Waals surface area contributed by atoms with Crippen LogP contribution in [0, 0.1) is 5.92 Å². The van der Waals surface area contributed by atoms with Crippen molar-refractivity contribution in [1.82, 2.24) is 4.98 Å². The zero-order valence-corrected chi connectivity index (χ0v) is 15.9. The minimum Gasteiger partial charge on any atom is -0.397 e. The third-order valence-corrected chi connectivity index (χ3v) is 5.81. The van der Waals surface area contributed by atoms with Crippen LogP contribution in [-0.4, -0.2) is 50.9 Å². The van der Waals surface area contributed by atoms with Crippen LogP contribution in [0.2, 0.25) is 0 Å². The number of nitrogens with two attached hydrogens (primary N) is 2. The highest BCUT2D eigenvalue weighted by atomic mass is 32.1. The molecule has 3 rings (SSSR count). The Labute approximate surface area is 157 Å². The van der Waals surface area contributed by atoms with E-state index in [1.165, 1.54) is 11.3 Å². The molecule has 142 valence electrons. The number of hydrogen-bond acceptors (Lipinski definition) is 7. The fraction of sp³-hybridized carbons (Fsp3) is 0.556. The van der Waals surface area contributed by atoms with Gasteiger partial charge in [0.25, 0.3) is 5.91 Å². The van der Waals surface area contributed by atoms with E-state index in [0.29, 0.717) is 16.5 Å². The average Bonchev–Trinajstić information content (AvgIpc) is 2.99. The summed E-state index contributed by atoms with van der Waals surface area (Å²) >= 11 is 1.26. The lowest BCUT2D eigenvalue weighted by atomic mass is 9.98. The van der Waals surface area contributed by atoms with Crippen LogP contribution in [0.4, 0.5) is 11.4 Å². The first-order valence-corrected chi connectivity index (χ1v) is 9.72. The predicted octanol–water partition coefficient (Wildman–Crippen LogP) is 2.25. The molecular formula is C18H26N4O3S. The van der Waals surface area contributed by atoms with E-state index >= 15 is 0 Å². The molecule has 8 heteroatoms. The zero-order valence-electron chi connectivity index (χ0n) is 15.1. The summed E-state index contributed by atoms with van der Waals surface area (Å²) in [5, 5.41) is 0.841. The summed E-state index contributed by atoms with van der Waals surface area (Å²) in [4.78, 5) is 19.4. The van der Waals surface area contributed by atoms with Gasteiger partial charge in [-0.2, -0.15) is 0 Å². The highest BCUT2D eigenvalue weighted by Gasteiger charge is 2.24. The average molecular weight is 378 g/mol. The van der Waals surface area contributed by atoms with Gasteiger partial charge in [0.15, 0.2) is 0 Å². The van der Waals surface area contributed by atoms with Gasteiger partial charge in [0.2, 0.25) is 0 Å². The Balaban J connectivity index is 1.73. The molecule has 0 aliphatic carbocycles. The Morgan fingerprint density at radius 2 is 2.31 bits per heavy atom. The molecule has 3 heterocycles. The molecule has 0 bridgehead atoms. The quantitative estimate of drug-likeness (QED) is 0.683. The molecule has 1 saturated heterocycles. The van der Waals surface area contributed by atoms with Crippen molar-refractivity contribution in [3.05, 3.63) is 17.1 Å². The van der Waals surface area contributed by atoms with E-state index in [2.05, 4.69) is 9.88 Å². The maximum atomic E-state index is 11.6. The second kappa shape index (κ2) is 8.66. The van der Waals surface area contributed by atoms with Crippen LogP contribution in [0.1, 0.15) is 28.9 Å². The van der Waals surface area contributed by atoms with E-state index < -0.39 is 5.91 Å². The molecule has 2 aromatic heterocycles. The van der Waals surface area contributed by atoms with Crippen LogP contribution in [0.25, 0.3) is 10.2 Å². The number of hydrogen-bond donors (Lipinski definition) is 2. The number of carbonyl (C=O) groups excluding carboxylic acids is 1. The van der Waals surface area contributed by atoms with Crippen molar-refractivity contribution in [2.45, 2.75) is 19.3 Å². The largest absolute Gasteiger partial charge is 0.397 e. The van der Waals surface area contributed by atoms with Crippen LogP contribution in [0.3, 0.4) is 0 Å². The Kier molecular flexibility index (Phi) is 6.29. The number of thiophene rings is 1. The SMILES string of the molecule is COCCCOC[C@H]1CCCN(c2ccnc3sc(C(N)=O)c(N)c23)C1. The summed E-state index contributed by atoms with van der Waals surface area (Å²) < 4.78 is 10.8. The Hall–Kier alpha value is -1.90. The molecule has 0 radical (unpaired) electrons. The number of nitrogen functional groups attached to an aromatic ring is 1. The van der Waals surface area contributed by atoms with E-state index in [4.69, 9.17) is 20.9 Å². The smallest absolute Gasteiger partial charge is 0.260 e. The van der Waals surface area contributed by atoms with Crippen LogP contribution >= 0.6 is 11.3 Å². The number of carbonyl (C=O) groups is 1. The summed E-state index contributed by atoms with van der Waals surface area (Å²) in [5.41, 5.74) is 13.1. The van der Waals surface area contributed by atoms with Crippen molar-refractivity contribution in [2.24, 2.45) is 11.7 Å². The number of aromatic nitrogens is 1. The first-order chi connectivity index (χ1) is 12.6. The number of pyridine rings is 1. The van der Waals surface area contributed by atoms with Crippen molar-refractivity contribution in [3.8, 4) is 0 Å². The molecule has 4 N–H and O–H groups in total. The van der Waals surface area contributed by atoms with Gasteiger partial charge < -0.3 is 25.8 Å². The second-order valence-corrected chi connectivity index (χ2v) is 7.59. The lowest BCUT2D eigenvalue weighted by molar-refractivity contribution is 0.0745. The van der Waals surface area contributed by atoms with Crippen LogP contribution in [0.5, 0.6) is 0 Å². The van der Waals surface area contributed by atoms with Gasteiger partial charge in [-0.3, -0.25) is 4.79 Å². The Morgan fingerprint density at radius 1 is 1.46 bits per heavy atom. The van der Waals surface area contributed by atoms with Crippen molar-refractivity contribution >= 4 is 38.8 Å². The number of amides is 1. The molecule has 0 saturated carbocycles. The minimum atomic E-state index is -0.502. The van der Waals surface area contributed by atoms with Gasteiger partial charge >= 0.3 is 0 Å². The molecule has 1 atom stereocenters. The molecule has 1 fully saturated rings. The van der Waals surface area contributed by atoms with E-state index in [0.717, 1.165) is 68.1 Å². The number of primary amides is 1. The summed E-state index contributed by atoms with van der Waals surface area (Å²) in [6.45, 7) is 4.07. The number of anilines is 2. The number of nitrogens with zero attached hydrogens (tertiary/aromatic N) is 2. The van der Waals surface area contributed by atoms with Gasteiger partial charge in [0, 0.05) is 39.6 Å². The summed E-state index contributed by atoms with van der Waals surface area (Å²) in [5.74, 6) is -0.0255. The fourth-order valence-electron chi connectivity index (χ4n) is 3.45. The maximum Gasteiger partial charge on any atom is 0.260 e. The van der Waals surface area contributed by atoms with Crippen LogP contribution < -0.4 is 16.4 Å². The van der Waals surface area contributed by atoms with Crippen LogP contribution in [0.15, 0.2) is 12.3 Å². The van der Waals surface area contributed by atoms with Gasteiger partial charge in [-0.1, -0.05) is 0 Å². The normalized spacial score (nSPS) is 17.7. The monoisotopic (exact) mass is 378 g/mol. The van der Waals surface area contributed by atoms with E-state index in [1.54, 1.807) is 13.3 Å². The number of rotatable bonds is 8. The van der Waals surface area contributed by atoms with Gasteiger partial charge in [-0.15, -0.1) is 11.3 Å². The van der Waals surface area contributed by atoms with E-state index in [1.807, 2.05) is 6.07 Å². The first kappa shape index (κ1) is 18.9. The van der Waals surface area contributed by atoms with Crippen molar-refractivity contribution < 1.29 is 14.3 Å². The standard InChI is InChI=1S/C18H26N4O3S/c1-24-8-3-9-25-11-12-4-2-7-22(10-12)13-5-6-21-18-14(13)15(19)16(26-18)17(20)23/h5-6,12H,2-4,7-11,19H2,1H3,(H2,20,23)/t12-/m0/s1. The molecule has 26 heavy (non-hydrogen) atoms. The molecule has 1 amide bonds. The molecule has 0 unspecified atom stereocenters. The summed E-state index contributed by atoms with van der Waals surface area (Å²) in [6, 6.07) is 1.97. The summed E-state index contributed by atoms with van der Waals surface area (Å²) in [7, 11) is 1.70. The Morgan fingerprint density at radius 3 is 3.08 bits per heavy atom. The molecule has 7 nitrogen and oxygen atoms in total. The molecular weight excluding hydrogens is 352 g/mol. The summed E-state index contributed by atoms with van der Waals surface area (Å²) in [6.07, 6.45) is 4.94. The van der Waals surface area contributed by atoms with E-state index in [-0.39, 0.29) is 0 Å². The topological polar surface area (TPSA) is 104 Å². The fourth-order valence-corrected chi connectivity index (χ4v) is 4.39. The lowest BCUT2D eigenvalue weighted by Gasteiger charge is -2.34. The number of fused-ring (bicyclic) bond motifs is 1. The highest BCUT2D eigenvalue weighted by molar-refractivity contribution is 7.21. The van der Waals surface area contributed by atoms with Crippen molar-refractivity contribution in [2.75, 3.05) is 50.7 Å². The maximum absolute atomic E-state index is 11.6. The zero-order chi connectivity index (χ0) is 18.5. The first-order valence-electron chi connectivity index (χ1n) is 8.90. The molecule has 1 aliphatic heterocycles. The van der Waals surface area contributed by atoms with Gasteiger partial charge in [-0.25, -0.2) is 4.98 Å². The molecule has 0 spiro atoms. The Bertz CT molecular complexity index is 764. The lowest BCUT2D eigenvalue weighted by Crippen LogP contribution is -2.37. The van der Waals surface area contributed by atoms with E-state index in [9.17, 15) is 4.79 Å². The molecule has 0 aromatic carbocycles. The number of ether oxygens (including phenoxy) is 2. The third-order valence-electron chi connectivity index (χ3n) is 4.68. The van der Waals surface area contributed by atoms with Gasteiger partial charge in [0.05, 0.1) is 23.4 Å². The van der Waals surface area contributed by atoms with Crippen molar-refractivity contribution in [1.29, 1.82) is 0 Å². The third kappa shape index (κ3) is 4.08. The highest BCUT2D eigenvalue weighted by Crippen LogP contribution is 2.39. The van der Waals surface area contributed by atoms with Gasteiger partial charge in [-0.05, 0) is 31.2 Å². The molecule has 2 aromatic rings. The minimum absolute atomic E-state index is 0.384. The number of methoxy groups -OCH3 is 1. The van der Waals surface area contributed by atoms with Crippen molar-refractivity contribution in [3.63, 3.8) is 0 Å². The van der Waals surface area contributed by atoms with Gasteiger partial charge in [0.1, 0.15) is 9.71 Å². The number of piperidine rings is 1. The molecule has 1 aliphatic rings. The second-order valence-electron chi connectivity index (χ2n) is 6.59.